The maximum absolute atomic E-state index is 13.4. The van der Waals surface area contributed by atoms with E-state index in [9.17, 15) is 14.4 Å². The van der Waals surface area contributed by atoms with E-state index in [2.05, 4.69) is 53.1 Å². The standard InChI is InChI=1S/C25H38IN3O3/c1-5-9-20(23(30)27-4)21(14-17(2)3)24(31)28-22-12-6-7-13-29(25(22)32)16-18-10-8-11-19(26)15-18/h8,10-11,15,17,20-22H,5-7,9,12-14,16H2,1-4H3,(H,27,30)(H,28,31)/t20-,21+,22-/m0/s1. The van der Waals surface area contributed by atoms with Crippen molar-refractivity contribution >= 4 is 40.3 Å². The van der Waals surface area contributed by atoms with Gasteiger partial charge in [-0.1, -0.05) is 39.3 Å². The molecule has 3 amide bonds. The number of likely N-dealkylation sites (tertiary alicyclic amines) is 1. The van der Waals surface area contributed by atoms with Crippen LogP contribution in [0.5, 0.6) is 0 Å². The number of hydrogen-bond acceptors (Lipinski definition) is 3. The van der Waals surface area contributed by atoms with Crippen LogP contribution >= 0.6 is 22.6 Å². The Balaban J connectivity index is 2.17. The first-order chi connectivity index (χ1) is 15.3. The van der Waals surface area contributed by atoms with E-state index in [1.807, 2.05) is 30.0 Å². The predicted molar refractivity (Wildman–Crippen MR) is 136 cm³/mol. The Hall–Kier alpha value is -1.64. The van der Waals surface area contributed by atoms with E-state index in [0.717, 1.165) is 28.4 Å². The topological polar surface area (TPSA) is 78.5 Å². The summed E-state index contributed by atoms with van der Waals surface area (Å²) in [5, 5.41) is 5.77. The van der Waals surface area contributed by atoms with E-state index in [4.69, 9.17) is 0 Å². The van der Waals surface area contributed by atoms with Crippen LogP contribution in [0, 0.1) is 21.3 Å². The first-order valence-corrected chi connectivity index (χ1v) is 12.9. The van der Waals surface area contributed by atoms with Crippen molar-refractivity contribution in [1.29, 1.82) is 0 Å². The van der Waals surface area contributed by atoms with Gasteiger partial charge in [0.1, 0.15) is 6.04 Å². The van der Waals surface area contributed by atoms with Crippen LogP contribution in [0.1, 0.15) is 64.9 Å². The zero-order chi connectivity index (χ0) is 23.7. The zero-order valence-corrected chi connectivity index (χ0v) is 22.0. The minimum absolute atomic E-state index is 0.0232. The monoisotopic (exact) mass is 555 g/mol. The number of nitrogens with zero attached hydrogens (tertiary/aromatic N) is 1. The van der Waals surface area contributed by atoms with Crippen LogP contribution in [-0.2, 0) is 20.9 Å². The van der Waals surface area contributed by atoms with Crippen LogP contribution in [-0.4, -0.2) is 42.3 Å². The molecule has 32 heavy (non-hydrogen) atoms. The number of carbonyl (C=O) groups excluding carboxylic acids is 3. The number of hydrogen-bond donors (Lipinski definition) is 2. The highest BCUT2D eigenvalue weighted by molar-refractivity contribution is 14.1. The molecular weight excluding hydrogens is 517 g/mol. The fourth-order valence-corrected chi connectivity index (χ4v) is 5.11. The summed E-state index contributed by atoms with van der Waals surface area (Å²) in [5.41, 5.74) is 1.09. The first kappa shape index (κ1) is 26.6. The lowest BCUT2D eigenvalue weighted by Crippen LogP contribution is -2.51. The third-order valence-corrected chi connectivity index (χ3v) is 6.76. The Morgan fingerprint density at radius 1 is 1.19 bits per heavy atom. The molecule has 0 spiro atoms. The molecule has 1 aromatic rings. The van der Waals surface area contributed by atoms with Gasteiger partial charge in [-0.15, -0.1) is 0 Å². The third kappa shape index (κ3) is 7.74. The molecule has 178 valence electrons. The van der Waals surface area contributed by atoms with Crippen molar-refractivity contribution in [3.63, 3.8) is 0 Å². The fourth-order valence-electron chi connectivity index (χ4n) is 4.50. The average Bonchev–Trinajstić information content (AvgIpc) is 2.91. The highest BCUT2D eigenvalue weighted by atomic mass is 127. The Morgan fingerprint density at radius 3 is 2.56 bits per heavy atom. The number of benzene rings is 1. The van der Waals surface area contributed by atoms with Gasteiger partial charge >= 0.3 is 0 Å². The third-order valence-electron chi connectivity index (χ3n) is 6.09. The number of halogens is 1. The van der Waals surface area contributed by atoms with Crippen molar-refractivity contribution in [2.24, 2.45) is 17.8 Å². The second kappa shape index (κ2) is 13.2. The summed E-state index contributed by atoms with van der Waals surface area (Å²) in [7, 11) is 1.62. The maximum Gasteiger partial charge on any atom is 0.245 e. The zero-order valence-electron chi connectivity index (χ0n) is 19.8. The second-order valence-electron chi connectivity index (χ2n) is 9.19. The molecule has 0 aromatic heterocycles. The summed E-state index contributed by atoms with van der Waals surface area (Å²) in [6, 6.07) is 7.62. The lowest BCUT2D eigenvalue weighted by Gasteiger charge is -2.29. The Bertz CT molecular complexity index is 783. The molecule has 2 N–H and O–H groups in total. The predicted octanol–water partition coefficient (Wildman–Crippen LogP) is 4.11. The molecule has 0 radical (unpaired) electrons. The van der Waals surface area contributed by atoms with Gasteiger partial charge in [-0.05, 0) is 78.3 Å². The minimum Gasteiger partial charge on any atom is -0.359 e. The Morgan fingerprint density at radius 2 is 1.94 bits per heavy atom. The van der Waals surface area contributed by atoms with Gasteiger partial charge in [-0.3, -0.25) is 14.4 Å². The number of rotatable bonds is 10. The molecule has 0 bridgehead atoms. The molecule has 7 heteroatoms. The van der Waals surface area contributed by atoms with Gasteiger partial charge in [0.25, 0.3) is 0 Å². The molecule has 3 atom stereocenters. The van der Waals surface area contributed by atoms with Crippen molar-refractivity contribution in [3.05, 3.63) is 33.4 Å². The second-order valence-corrected chi connectivity index (χ2v) is 10.4. The van der Waals surface area contributed by atoms with E-state index in [1.165, 1.54) is 0 Å². The number of nitrogens with one attached hydrogen (secondary N) is 2. The van der Waals surface area contributed by atoms with Gasteiger partial charge in [-0.25, -0.2) is 0 Å². The maximum atomic E-state index is 13.4. The Kier molecular flexibility index (Phi) is 10.9. The minimum atomic E-state index is -0.533. The smallest absolute Gasteiger partial charge is 0.245 e. The molecule has 0 aliphatic carbocycles. The lowest BCUT2D eigenvalue weighted by molar-refractivity contribution is -0.140. The van der Waals surface area contributed by atoms with Gasteiger partial charge in [0.2, 0.25) is 17.7 Å². The summed E-state index contributed by atoms with van der Waals surface area (Å²) < 4.78 is 1.14. The van der Waals surface area contributed by atoms with Crippen molar-refractivity contribution in [3.8, 4) is 0 Å². The van der Waals surface area contributed by atoms with Crippen LogP contribution in [0.15, 0.2) is 24.3 Å². The molecule has 1 fully saturated rings. The lowest BCUT2D eigenvalue weighted by atomic mass is 9.81. The number of amides is 3. The van der Waals surface area contributed by atoms with Crippen LogP contribution in [0.2, 0.25) is 0 Å². The fraction of sp³-hybridized carbons (Fsp3) is 0.640. The SMILES string of the molecule is CCC[C@H](C(=O)NC)[C@@H](CC(C)C)C(=O)N[C@H]1CCCCN(Cc2cccc(I)c2)C1=O. The van der Waals surface area contributed by atoms with Crippen molar-refractivity contribution < 1.29 is 14.4 Å². The molecule has 1 saturated heterocycles. The molecule has 0 unspecified atom stereocenters. The summed E-state index contributed by atoms with van der Waals surface area (Å²) in [4.78, 5) is 41.1. The summed E-state index contributed by atoms with van der Waals surface area (Å²) in [6.07, 6.45) is 4.56. The first-order valence-electron chi connectivity index (χ1n) is 11.8. The van der Waals surface area contributed by atoms with E-state index < -0.39 is 12.0 Å². The van der Waals surface area contributed by atoms with E-state index in [-0.39, 0.29) is 29.6 Å². The van der Waals surface area contributed by atoms with E-state index in [1.54, 1.807) is 7.05 Å². The van der Waals surface area contributed by atoms with Crippen LogP contribution in [0.3, 0.4) is 0 Å². The van der Waals surface area contributed by atoms with Gasteiger partial charge in [0, 0.05) is 35.5 Å². The molecule has 6 nitrogen and oxygen atoms in total. The van der Waals surface area contributed by atoms with Crippen molar-refractivity contribution in [2.75, 3.05) is 13.6 Å². The molecule has 1 aliphatic heterocycles. The van der Waals surface area contributed by atoms with Gasteiger partial charge in [0.05, 0.1) is 0 Å². The molecule has 1 heterocycles. The van der Waals surface area contributed by atoms with Gasteiger partial charge in [0.15, 0.2) is 0 Å². The van der Waals surface area contributed by atoms with E-state index in [0.29, 0.717) is 32.4 Å². The largest absolute Gasteiger partial charge is 0.359 e. The molecular formula is C25H38IN3O3. The quantitative estimate of drug-likeness (QED) is 0.427. The van der Waals surface area contributed by atoms with Crippen LogP contribution < -0.4 is 10.6 Å². The normalized spacial score (nSPS) is 18.8. The summed E-state index contributed by atoms with van der Waals surface area (Å²) >= 11 is 2.28. The van der Waals surface area contributed by atoms with Crippen molar-refractivity contribution in [2.45, 2.75) is 71.9 Å². The molecule has 0 saturated carbocycles. The molecule has 1 aromatic carbocycles. The Labute approximate surface area is 206 Å². The number of carbonyl (C=O) groups is 3. The van der Waals surface area contributed by atoms with Gasteiger partial charge in [-0.2, -0.15) is 0 Å². The summed E-state index contributed by atoms with van der Waals surface area (Å²) in [5.74, 6) is -0.831. The summed E-state index contributed by atoms with van der Waals surface area (Å²) in [6.45, 7) is 7.40. The highest BCUT2D eigenvalue weighted by Crippen LogP contribution is 2.26. The van der Waals surface area contributed by atoms with Crippen molar-refractivity contribution in [1.82, 2.24) is 15.5 Å². The van der Waals surface area contributed by atoms with Crippen LogP contribution in [0.25, 0.3) is 0 Å². The van der Waals surface area contributed by atoms with E-state index >= 15 is 0 Å². The highest BCUT2D eigenvalue weighted by Gasteiger charge is 2.36. The van der Waals surface area contributed by atoms with Gasteiger partial charge < -0.3 is 15.5 Å². The molecule has 2 rings (SSSR count). The average molecular weight is 556 g/mol. The molecule has 1 aliphatic rings. The van der Waals surface area contributed by atoms with Crippen LogP contribution in [0.4, 0.5) is 0 Å².